The van der Waals surface area contributed by atoms with Crippen LogP contribution in [0.3, 0.4) is 0 Å². The maximum Gasteiger partial charge on any atom is 0.318 e. The highest BCUT2D eigenvalue weighted by molar-refractivity contribution is 5.87. The molecule has 0 heterocycles. The van der Waals surface area contributed by atoms with Crippen molar-refractivity contribution < 1.29 is 24.3 Å². The number of amides is 4. The molecule has 0 unspecified atom stereocenters. The molecular formula is C11H20N4O5. The molecule has 20 heavy (non-hydrogen) atoms. The van der Waals surface area contributed by atoms with Crippen molar-refractivity contribution in [1.82, 2.24) is 10.2 Å². The number of nitrogens with two attached hydrogens (primary N) is 2. The molecule has 0 rings (SSSR count). The second-order valence-electron chi connectivity index (χ2n) is 4.23. The molecule has 4 amide bonds. The molecule has 6 N–H and O–H groups in total. The van der Waals surface area contributed by atoms with Crippen LogP contribution in [0.1, 0.15) is 25.7 Å². The lowest BCUT2D eigenvalue weighted by molar-refractivity contribution is -0.137. The number of nitrogens with one attached hydrogen (secondary N) is 1. The van der Waals surface area contributed by atoms with Crippen LogP contribution in [-0.4, -0.2) is 53.5 Å². The van der Waals surface area contributed by atoms with E-state index in [0.29, 0.717) is 25.8 Å². The fourth-order valence-corrected chi connectivity index (χ4v) is 1.46. The summed E-state index contributed by atoms with van der Waals surface area (Å²) < 4.78 is 0. The van der Waals surface area contributed by atoms with E-state index in [4.69, 9.17) is 16.6 Å². The maximum atomic E-state index is 11.7. The summed E-state index contributed by atoms with van der Waals surface area (Å²) in [6, 6.07) is -0.610. The van der Waals surface area contributed by atoms with Gasteiger partial charge in [-0.25, -0.2) is 4.79 Å². The molecule has 0 aliphatic rings. The molecule has 9 heteroatoms. The molecule has 0 aromatic carbocycles. The molecule has 0 bridgehead atoms. The van der Waals surface area contributed by atoms with Crippen LogP contribution in [0.25, 0.3) is 0 Å². The van der Waals surface area contributed by atoms with Gasteiger partial charge in [-0.1, -0.05) is 6.42 Å². The third kappa shape index (κ3) is 9.68. The number of hydrogen-bond acceptors (Lipinski definition) is 4. The standard InChI is InChI=1S/C11H20N4O5/c12-8(16)6-15(7-9(13)17)11(20)14-5-3-1-2-4-10(18)19/h1-7H2,(H2,12,16)(H2,13,17)(H,14,20)(H,18,19). The molecule has 0 spiro atoms. The van der Waals surface area contributed by atoms with Crippen molar-refractivity contribution in [2.24, 2.45) is 11.5 Å². The molecule has 0 aromatic rings. The van der Waals surface area contributed by atoms with Gasteiger partial charge >= 0.3 is 12.0 Å². The highest BCUT2D eigenvalue weighted by Gasteiger charge is 2.17. The maximum absolute atomic E-state index is 11.7. The Kier molecular flexibility index (Phi) is 8.48. The predicted octanol–water partition coefficient (Wildman–Crippen LogP) is -1.39. The second kappa shape index (κ2) is 9.59. The van der Waals surface area contributed by atoms with Crippen LogP contribution < -0.4 is 16.8 Å². The van der Waals surface area contributed by atoms with Gasteiger partial charge in [0.05, 0.1) is 0 Å². The van der Waals surface area contributed by atoms with E-state index in [1.807, 2.05) is 0 Å². The Morgan fingerprint density at radius 1 is 0.950 bits per heavy atom. The van der Waals surface area contributed by atoms with E-state index >= 15 is 0 Å². The summed E-state index contributed by atoms with van der Waals surface area (Å²) in [4.78, 5) is 44.4. The van der Waals surface area contributed by atoms with Crippen LogP contribution in [-0.2, 0) is 14.4 Å². The number of hydrogen-bond donors (Lipinski definition) is 4. The minimum Gasteiger partial charge on any atom is -0.481 e. The van der Waals surface area contributed by atoms with Crippen molar-refractivity contribution in [2.45, 2.75) is 25.7 Å². The van der Waals surface area contributed by atoms with E-state index < -0.39 is 36.9 Å². The Bertz CT molecular complexity index is 356. The van der Waals surface area contributed by atoms with E-state index in [0.717, 1.165) is 4.90 Å². The minimum atomic E-state index is -0.858. The van der Waals surface area contributed by atoms with Crippen LogP contribution in [0.4, 0.5) is 4.79 Å². The van der Waals surface area contributed by atoms with Crippen molar-refractivity contribution >= 4 is 23.8 Å². The summed E-state index contributed by atoms with van der Waals surface area (Å²) in [6.07, 6.45) is 1.86. The van der Waals surface area contributed by atoms with Crippen LogP contribution in [0.2, 0.25) is 0 Å². The number of unbranched alkanes of at least 4 members (excludes halogenated alkanes) is 2. The van der Waals surface area contributed by atoms with Crippen molar-refractivity contribution in [3.05, 3.63) is 0 Å². The molecule has 0 atom stereocenters. The van der Waals surface area contributed by atoms with E-state index in [9.17, 15) is 19.2 Å². The summed E-state index contributed by atoms with van der Waals surface area (Å²) in [5, 5.41) is 10.9. The number of nitrogens with zero attached hydrogens (tertiary/aromatic N) is 1. The quantitative estimate of drug-likeness (QED) is 0.364. The molecule has 0 aromatic heterocycles. The zero-order valence-electron chi connectivity index (χ0n) is 11.1. The van der Waals surface area contributed by atoms with Crippen molar-refractivity contribution in [1.29, 1.82) is 0 Å². The van der Waals surface area contributed by atoms with Gasteiger partial charge in [0.2, 0.25) is 11.8 Å². The lowest BCUT2D eigenvalue weighted by atomic mass is 10.2. The lowest BCUT2D eigenvalue weighted by Gasteiger charge is -2.19. The predicted molar refractivity (Wildman–Crippen MR) is 69.5 cm³/mol. The Balaban J connectivity index is 3.97. The summed E-state index contributed by atoms with van der Waals surface area (Å²) in [6.45, 7) is -0.478. The van der Waals surface area contributed by atoms with Crippen molar-refractivity contribution in [3.63, 3.8) is 0 Å². The summed E-state index contributed by atoms with van der Waals surface area (Å²) in [5.74, 6) is -2.35. The van der Waals surface area contributed by atoms with Gasteiger partial charge in [-0.2, -0.15) is 0 Å². The van der Waals surface area contributed by atoms with Gasteiger partial charge in [0, 0.05) is 13.0 Å². The fourth-order valence-electron chi connectivity index (χ4n) is 1.46. The highest BCUT2D eigenvalue weighted by Crippen LogP contribution is 1.99. The van der Waals surface area contributed by atoms with Gasteiger partial charge in [0.25, 0.3) is 0 Å². The van der Waals surface area contributed by atoms with Crippen LogP contribution in [0, 0.1) is 0 Å². The van der Waals surface area contributed by atoms with E-state index in [-0.39, 0.29) is 6.42 Å². The Labute approximate surface area is 116 Å². The molecule has 0 radical (unpaired) electrons. The fraction of sp³-hybridized carbons (Fsp3) is 0.636. The van der Waals surface area contributed by atoms with E-state index in [1.165, 1.54) is 0 Å². The lowest BCUT2D eigenvalue weighted by Crippen LogP contribution is -2.48. The third-order valence-electron chi connectivity index (χ3n) is 2.32. The normalized spacial score (nSPS) is 9.80. The van der Waals surface area contributed by atoms with Crippen LogP contribution >= 0.6 is 0 Å². The SMILES string of the molecule is NC(=O)CN(CC(N)=O)C(=O)NCCCCCC(=O)O. The summed E-state index contributed by atoms with van der Waals surface area (Å²) >= 11 is 0. The molecule has 114 valence electrons. The van der Waals surface area contributed by atoms with Gasteiger partial charge in [-0.3, -0.25) is 14.4 Å². The second-order valence-corrected chi connectivity index (χ2v) is 4.23. The van der Waals surface area contributed by atoms with Crippen molar-refractivity contribution in [3.8, 4) is 0 Å². The van der Waals surface area contributed by atoms with Gasteiger partial charge in [-0.05, 0) is 12.8 Å². The molecule has 9 nitrogen and oxygen atoms in total. The number of urea groups is 1. The number of carboxylic acid groups (broad SMARTS) is 1. The molecule has 0 saturated heterocycles. The number of aliphatic carboxylic acids is 1. The molecule has 0 aliphatic heterocycles. The molecule has 0 aliphatic carbocycles. The average molecular weight is 288 g/mol. The summed E-state index contributed by atoms with van der Waals surface area (Å²) in [7, 11) is 0. The first-order valence-corrected chi connectivity index (χ1v) is 6.14. The first kappa shape index (κ1) is 17.7. The monoisotopic (exact) mass is 288 g/mol. The number of carbonyl (C=O) groups is 4. The van der Waals surface area contributed by atoms with Crippen LogP contribution in [0.5, 0.6) is 0 Å². The minimum absolute atomic E-state index is 0.0867. The van der Waals surface area contributed by atoms with Gasteiger partial charge in [0.1, 0.15) is 13.1 Å². The Hall–Kier alpha value is -2.32. The number of rotatable bonds is 10. The van der Waals surface area contributed by atoms with Gasteiger partial charge in [0.15, 0.2) is 0 Å². The number of primary amides is 2. The molecule has 0 saturated carbocycles. The third-order valence-corrected chi connectivity index (χ3v) is 2.32. The van der Waals surface area contributed by atoms with E-state index in [2.05, 4.69) is 5.32 Å². The first-order chi connectivity index (χ1) is 9.32. The molecule has 0 fully saturated rings. The number of carbonyl (C=O) groups excluding carboxylic acids is 3. The first-order valence-electron chi connectivity index (χ1n) is 6.14. The zero-order valence-corrected chi connectivity index (χ0v) is 11.1. The Morgan fingerprint density at radius 2 is 1.50 bits per heavy atom. The van der Waals surface area contributed by atoms with Crippen LogP contribution in [0.15, 0.2) is 0 Å². The topological polar surface area (TPSA) is 156 Å². The van der Waals surface area contributed by atoms with Crippen molar-refractivity contribution in [2.75, 3.05) is 19.6 Å². The van der Waals surface area contributed by atoms with E-state index in [1.54, 1.807) is 0 Å². The van der Waals surface area contributed by atoms with Gasteiger partial charge < -0.3 is 26.8 Å². The smallest absolute Gasteiger partial charge is 0.318 e. The summed E-state index contributed by atoms with van der Waals surface area (Å²) in [5.41, 5.74) is 9.92. The highest BCUT2D eigenvalue weighted by atomic mass is 16.4. The van der Waals surface area contributed by atoms with Gasteiger partial charge in [-0.15, -0.1) is 0 Å². The largest absolute Gasteiger partial charge is 0.481 e. The zero-order chi connectivity index (χ0) is 15.5. The number of carboxylic acids is 1. The average Bonchev–Trinajstić information content (AvgIpc) is 2.30. The molecular weight excluding hydrogens is 268 g/mol. The Morgan fingerprint density at radius 3 is 1.95 bits per heavy atom.